The quantitative estimate of drug-likeness (QED) is 0.362. The van der Waals surface area contributed by atoms with Gasteiger partial charge in [0.1, 0.15) is 24.6 Å². The van der Waals surface area contributed by atoms with Crippen LogP contribution in [-0.2, 0) is 33.9 Å². The Morgan fingerprint density at radius 1 is 1.26 bits per heavy atom. The molecule has 1 fully saturated rings. The fourth-order valence-electron chi connectivity index (χ4n) is 1.05. The van der Waals surface area contributed by atoms with Crippen LogP contribution in [0.1, 0.15) is 19.8 Å². The molecule has 1 N–H and O–H groups in total. The van der Waals surface area contributed by atoms with E-state index in [4.69, 9.17) is 14.0 Å². The summed E-state index contributed by atoms with van der Waals surface area (Å²) < 4.78 is 43.5. The van der Waals surface area contributed by atoms with E-state index in [1.807, 2.05) is 0 Å². The Labute approximate surface area is 110 Å². The van der Waals surface area contributed by atoms with Gasteiger partial charge in [0.05, 0.1) is 19.4 Å². The van der Waals surface area contributed by atoms with Crippen LogP contribution >= 0.6 is 0 Å². The van der Waals surface area contributed by atoms with Crippen LogP contribution in [0.15, 0.2) is 0 Å². The third-order valence-electron chi connectivity index (χ3n) is 2.31. The molecule has 9 heteroatoms. The smallest absolute Gasteiger partial charge is 0.306 e. The maximum Gasteiger partial charge on any atom is 0.306 e. The summed E-state index contributed by atoms with van der Waals surface area (Å²) in [6.45, 7) is 2.03. The molecule has 0 aromatic rings. The lowest BCUT2D eigenvalue weighted by atomic mass is 10.2. The normalized spacial score (nSPS) is 21.8. The van der Waals surface area contributed by atoms with Crippen molar-refractivity contribution in [3.8, 4) is 0 Å². The van der Waals surface area contributed by atoms with Crippen molar-refractivity contribution < 1.29 is 36.8 Å². The first-order chi connectivity index (χ1) is 8.70. The average Bonchev–Trinajstić information content (AvgIpc) is 3.01. The molecule has 1 unspecified atom stereocenters. The van der Waals surface area contributed by atoms with E-state index in [1.54, 1.807) is 6.92 Å². The van der Waals surface area contributed by atoms with Crippen molar-refractivity contribution in [1.82, 2.24) is 0 Å². The molecule has 0 saturated carbocycles. The van der Waals surface area contributed by atoms with Crippen molar-refractivity contribution in [3.63, 3.8) is 0 Å². The number of rotatable bonds is 8. The molecule has 0 bridgehead atoms. The van der Waals surface area contributed by atoms with E-state index in [0.29, 0.717) is 6.61 Å². The number of ether oxygens (including phenoxy) is 3. The number of hydrogen-bond acceptors (Lipinski definition) is 7. The first-order valence-electron chi connectivity index (χ1n) is 5.61. The van der Waals surface area contributed by atoms with Crippen LogP contribution in [0.3, 0.4) is 0 Å². The molecule has 0 aromatic carbocycles. The molecule has 0 aliphatic carbocycles. The van der Waals surface area contributed by atoms with Crippen LogP contribution in [0.2, 0.25) is 0 Å². The first-order valence-corrected chi connectivity index (χ1v) is 7.21. The number of carbonyl (C=O) groups is 2. The zero-order valence-corrected chi connectivity index (χ0v) is 11.3. The highest BCUT2D eigenvalue weighted by atomic mass is 32.2. The highest BCUT2D eigenvalue weighted by Gasteiger charge is 2.40. The first kappa shape index (κ1) is 15.9. The molecule has 0 radical (unpaired) electrons. The van der Waals surface area contributed by atoms with Gasteiger partial charge in [-0.05, 0) is 6.92 Å². The Morgan fingerprint density at radius 2 is 1.79 bits per heavy atom. The summed E-state index contributed by atoms with van der Waals surface area (Å²) in [6, 6.07) is 0. The van der Waals surface area contributed by atoms with Gasteiger partial charge in [-0.1, -0.05) is 0 Å². The number of hydrogen-bond donors (Lipinski definition) is 1. The van der Waals surface area contributed by atoms with Crippen LogP contribution in [0.25, 0.3) is 0 Å². The van der Waals surface area contributed by atoms with Crippen LogP contribution in [0.4, 0.5) is 0 Å². The van der Waals surface area contributed by atoms with E-state index < -0.39 is 40.0 Å². The molecule has 8 nitrogen and oxygen atoms in total. The molecule has 1 aliphatic heterocycles. The minimum atomic E-state index is -4.15. The molecule has 1 heterocycles. The predicted octanol–water partition coefficient (Wildman–Crippen LogP) is -0.470. The maximum atomic E-state index is 11.2. The van der Waals surface area contributed by atoms with E-state index in [2.05, 4.69) is 4.74 Å². The van der Waals surface area contributed by atoms with E-state index in [9.17, 15) is 18.0 Å². The third kappa shape index (κ3) is 7.75. The molecule has 110 valence electrons. The number of epoxide rings is 1. The van der Waals surface area contributed by atoms with E-state index in [1.165, 1.54) is 0 Å². The second-order valence-corrected chi connectivity index (χ2v) is 5.98. The SMILES string of the molecule is CC1(COC(=O)CCC(=O)OCCS(=O)(=O)O)CO1. The van der Waals surface area contributed by atoms with E-state index in [-0.39, 0.29) is 19.4 Å². The van der Waals surface area contributed by atoms with Crippen molar-refractivity contribution in [2.45, 2.75) is 25.4 Å². The molecule has 1 rings (SSSR count). The lowest BCUT2D eigenvalue weighted by Gasteiger charge is -2.07. The minimum absolute atomic E-state index is 0.142. The third-order valence-corrected chi connectivity index (χ3v) is 3.00. The molecule has 1 saturated heterocycles. The topological polar surface area (TPSA) is 120 Å². The Hall–Kier alpha value is -1.19. The van der Waals surface area contributed by atoms with Gasteiger partial charge in [-0.15, -0.1) is 0 Å². The summed E-state index contributed by atoms with van der Waals surface area (Å²) >= 11 is 0. The van der Waals surface area contributed by atoms with E-state index >= 15 is 0 Å². The Bertz CT molecular complexity index is 436. The molecular weight excluding hydrogens is 280 g/mol. The van der Waals surface area contributed by atoms with Gasteiger partial charge >= 0.3 is 11.9 Å². The standard InChI is InChI=1S/C10H16O8S/c1-10(7-18-10)6-17-9(12)3-2-8(11)16-4-5-19(13,14)15/h2-7H2,1H3,(H,13,14,15). The largest absolute Gasteiger partial charge is 0.464 e. The minimum Gasteiger partial charge on any atom is -0.464 e. The van der Waals surface area contributed by atoms with Crippen molar-refractivity contribution in [3.05, 3.63) is 0 Å². The summed E-state index contributed by atoms with van der Waals surface area (Å²) in [4.78, 5) is 22.3. The molecule has 1 atom stereocenters. The zero-order chi connectivity index (χ0) is 14.5. The second kappa shape index (κ2) is 6.31. The lowest BCUT2D eigenvalue weighted by Crippen LogP contribution is -2.19. The molecule has 19 heavy (non-hydrogen) atoms. The van der Waals surface area contributed by atoms with Gasteiger partial charge in [-0.2, -0.15) is 8.42 Å². The van der Waals surface area contributed by atoms with Crippen LogP contribution in [0, 0.1) is 0 Å². The fraction of sp³-hybridized carbons (Fsp3) is 0.800. The number of esters is 2. The fourth-order valence-corrected chi connectivity index (χ4v) is 1.34. The Balaban J connectivity index is 2.07. The molecule has 0 spiro atoms. The summed E-state index contributed by atoms with van der Waals surface area (Å²) in [7, 11) is -4.15. The molecule has 0 amide bonds. The summed E-state index contributed by atoms with van der Waals surface area (Å²) in [5, 5.41) is 0. The summed E-state index contributed by atoms with van der Waals surface area (Å²) in [5.41, 5.74) is -0.397. The van der Waals surface area contributed by atoms with Gasteiger partial charge in [0.2, 0.25) is 0 Å². The molecule has 1 aliphatic rings. The Morgan fingerprint density at radius 3 is 2.26 bits per heavy atom. The van der Waals surface area contributed by atoms with Crippen molar-refractivity contribution in [2.75, 3.05) is 25.6 Å². The van der Waals surface area contributed by atoms with Crippen molar-refractivity contribution >= 4 is 22.1 Å². The monoisotopic (exact) mass is 296 g/mol. The molecule has 0 aromatic heterocycles. The lowest BCUT2D eigenvalue weighted by molar-refractivity contribution is -0.151. The second-order valence-electron chi connectivity index (χ2n) is 4.41. The predicted molar refractivity (Wildman–Crippen MR) is 61.9 cm³/mol. The number of carbonyl (C=O) groups excluding carboxylic acids is 2. The van der Waals surface area contributed by atoms with Crippen LogP contribution in [0.5, 0.6) is 0 Å². The van der Waals surface area contributed by atoms with Gasteiger partial charge in [-0.3, -0.25) is 14.1 Å². The average molecular weight is 296 g/mol. The zero-order valence-electron chi connectivity index (χ0n) is 10.5. The molecular formula is C10H16O8S. The van der Waals surface area contributed by atoms with Gasteiger partial charge in [0.25, 0.3) is 10.1 Å². The maximum absolute atomic E-state index is 11.2. The highest BCUT2D eigenvalue weighted by Crippen LogP contribution is 2.25. The highest BCUT2D eigenvalue weighted by molar-refractivity contribution is 7.85. The summed E-state index contributed by atoms with van der Waals surface area (Å²) in [6.07, 6.45) is -0.358. The van der Waals surface area contributed by atoms with Crippen LogP contribution < -0.4 is 0 Å². The van der Waals surface area contributed by atoms with Crippen molar-refractivity contribution in [2.24, 2.45) is 0 Å². The van der Waals surface area contributed by atoms with Gasteiger partial charge in [-0.25, -0.2) is 0 Å². The summed E-state index contributed by atoms with van der Waals surface area (Å²) in [5.74, 6) is -1.95. The van der Waals surface area contributed by atoms with Crippen molar-refractivity contribution in [1.29, 1.82) is 0 Å². The van der Waals surface area contributed by atoms with Crippen LogP contribution in [-0.4, -0.2) is 56.1 Å². The van der Waals surface area contributed by atoms with Gasteiger partial charge in [0, 0.05) is 0 Å². The van der Waals surface area contributed by atoms with E-state index in [0.717, 1.165) is 0 Å². The van der Waals surface area contributed by atoms with Gasteiger partial charge in [0.15, 0.2) is 0 Å². The Kier molecular flexibility index (Phi) is 5.27. The van der Waals surface area contributed by atoms with Gasteiger partial charge < -0.3 is 14.2 Å².